The second kappa shape index (κ2) is 7.22. The average Bonchev–Trinajstić information content (AvgIpc) is 2.74. The number of aromatic hydroxyl groups is 1. The summed E-state index contributed by atoms with van der Waals surface area (Å²) in [5.41, 5.74) is 4.80. The Kier molecular flexibility index (Phi) is 4.71. The van der Waals surface area contributed by atoms with Crippen LogP contribution in [0.15, 0.2) is 48.5 Å². The molecule has 1 saturated carbocycles. The summed E-state index contributed by atoms with van der Waals surface area (Å²) in [6.45, 7) is 4.73. The Morgan fingerprint density at radius 1 is 1.11 bits per heavy atom. The predicted octanol–water partition coefficient (Wildman–Crippen LogP) is 5.64. The number of rotatable bonds is 4. The first kappa shape index (κ1) is 18.2. The van der Waals surface area contributed by atoms with Gasteiger partial charge in [-0.3, -0.25) is 4.90 Å². The molecule has 2 nitrogen and oxygen atoms in total. The van der Waals surface area contributed by atoms with E-state index in [1.807, 2.05) is 6.07 Å². The van der Waals surface area contributed by atoms with Crippen LogP contribution in [0.5, 0.6) is 5.75 Å². The van der Waals surface area contributed by atoms with Gasteiger partial charge < -0.3 is 5.11 Å². The number of phenols is 1. The van der Waals surface area contributed by atoms with Crippen LogP contribution in [-0.2, 0) is 11.8 Å². The third kappa shape index (κ3) is 2.88. The van der Waals surface area contributed by atoms with Crippen LogP contribution in [0.3, 0.4) is 0 Å². The molecule has 2 heteroatoms. The fourth-order valence-corrected chi connectivity index (χ4v) is 6.78. The van der Waals surface area contributed by atoms with Crippen molar-refractivity contribution >= 4 is 0 Å². The van der Waals surface area contributed by atoms with E-state index in [1.165, 1.54) is 68.3 Å². The van der Waals surface area contributed by atoms with E-state index in [0.29, 0.717) is 23.1 Å². The zero-order valence-electron chi connectivity index (χ0n) is 17.1. The Morgan fingerprint density at radius 3 is 2.79 bits per heavy atom. The zero-order valence-corrected chi connectivity index (χ0v) is 17.1. The molecule has 0 aromatic heterocycles. The molecule has 0 spiro atoms. The molecule has 1 unspecified atom stereocenters. The summed E-state index contributed by atoms with van der Waals surface area (Å²) in [6, 6.07) is 18.0. The Morgan fingerprint density at radius 2 is 1.96 bits per heavy atom. The van der Waals surface area contributed by atoms with Gasteiger partial charge in [0.05, 0.1) is 0 Å². The molecule has 2 aromatic carbocycles. The first-order valence-corrected chi connectivity index (χ1v) is 11.3. The van der Waals surface area contributed by atoms with Crippen molar-refractivity contribution < 1.29 is 5.11 Å². The molecule has 4 atom stereocenters. The maximum absolute atomic E-state index is 10.2. The molecule has 2 fully saturated rings. The summed E-state index contributed by atoms with van der Waals surface area (Å²) in [7, 11) is 0. The number of likely N-dealkylation sites (tertiary alicyclic amines) is 1. The first-order valence-electron chi connectivity index (χ1n) is 11.3. The molecule has 1 aliphatic heterocycles. The van der Waals surface area contributed by atoms with E-state index in [4.69, 9.17) is 0 Å². The van der Waals surface area contributed by atoms with Crippen LogP contribution in [0, 0.1) is 5.92 Å². The van der Waals surface area contributed by atoms with E-state index in [9.17, 15) is 5.11 Å². The molecular weight excluding hydrogens is 342 g/mol. The fourth-order valence-electron chi connectivity index (χ4n) is 6.78. The highest BCUT2D eigenvalue weighted by atomic mass is 16.3. The number of nitrogens with zero attached hydrogens (tertiary/aromatic N) is 1. The van der Waals surface area contributed by atoms with Gasteiger partial charge in [-0.25, -0.2) is 0 Å². The number of fused-ring (bicyclic) bond motifs is 1. The third-order valence-corrected chi connectivity index (χ3v) is 8.15. The van der Waals surface area contributed by atoms with Crippen molar-refractivity contribution in [3.63, 3.8) is 0 Å². The number of phenolic OH excluding ortho intramolecular Hbond substituents is 1. The fraction of sp³-hybridized carbons (Fsp3) is 0.538. The molecule has 28 heavy (non-hydrogen) atoms. The molecule has 5 rings (SSSR count). The lowest BCUT2D eigenvalue weighted by Gasteiger charge is -2.59. The lowest BCUT2D eigenvalue weighted by Crippen LogP contribution is -2.61. The van der Waals surface area contributed by atoms with E-state index in [-0.39, 0.29) is 0 Å². The van der Waals surface area contributed by atoms with Crippen LogP contribution in [0.4, 0.5) is 0 Å². The molecule has 3 aliphatic rings. The van der Waals surface area contributed by atoms with Gasteiger partial charge >= 0.3 is 0 Å². The minimum atomic E-state index is 0.320. The van der Waals surface area contributed by atoms with Crippen molar-refractivity contribution in [3.05, 3.63) is 65.2 Å². The third-order valence-electron chi connectivity index (χ3n) is 8.15. The molecule has 2 aromatic rings. The quantitative estimate of drug-likeness (QED) is 0.747. The Hall–Kier alpha value is -1.80. The molecule has 1 heterocycles. The summed E-state index contributed by atoms with van der Waals surface area (Å²) in [5.74, 6) is 1.84. The van der Waals surface area contributed by atoms with E-state index >= 15 is 0 Å². The molecule has 0 radical (unpaired) electrons. The standard InChI is InChI=1S/C26H33NO/c1-2-19(20-8-4-3-5-9-20)18-27-15-14-26-13-7-6-10-23(26)25(27)16-21-11-12-22(28)17-24(21)26/h3-5,8-9,11-12,17,19,23,25,28H,2,6-7,10,13-16,18H2,1H3/t19?,23-,25+,26-/m0/s1. The number of hydrogen-bond acceptors (Lipinski definition) is 2. The predicted molar refractivity (Wildman–Crippen MR) is 115 cm³/mol. The van der Waals surface area contributed by atoms with Crippen LogP contribution in [0.2, 0.25) is 0 Å². The maximum Gasteiger partial charge on any atom is 0.115 e. The summed E-state index contributed by atoms with van der Waals surface area (Å²) in [4.78, 5) is 2.84. The lowest BCUT2D eigenvalue weighted by molar-refractivity contribution is -0.0143. The Labute approximate surface area is 169 Å². The van der Waals surface area contributed by atoms with E-state index in [0.717, 1.165) is 12.3 Å². The van der Waals surface area contributed by atoms with Gasteiger partial charge in [-0.15, -0.1) is 0 Å². The first-order chi connectivity index (χ1) is 13.7. The number of hydrogen-bond donors (Lipinski definition) is 1. The van der Waals surface area contributed by atoms with Gasteiger partial charge in [0.1, 0.15) is 5.75 Å². The van der Waals surface area contributed by atoms with Crippen molar-refractivity contribution in [2.75, 3.05) is 13.1 Å². The van der Waals surface area contributed by atoms with Gasteiger partial charge in [-0.1, -0.05) is 56.2 Å². The molecule has 1 saturated heterocycles. The second-order valence-corrected chi connectivity index (χ2v) is 9.38. The van der Waals surface area contributed by atoms with Gasteiger partial charge in [0, 0.05) is 18.0 Å². The molecule has 148 valence electrons. The van der Waals surface area contributed by atoms with Crippen molar-refractivity contribution in [1.29, 1.82) is 0 Å². The van der Waals surface area contributed by atoms with Gasteiger partial charge in [-0.2, -0.15) is 0 Å². The lowest BCUT2D eigenvalue weighted by atomic mass is 9.52. The van der Waals surface area contributed by atoms with Crippen molar-refractivity contribution in [2.24, 2.45) is 5.92 Å². The minimum absolute atomic E-state index is 0.320. The summed E-state index contributed by atoms with van der Waals surface area (Å²) < 4.78 is 0. The summed E-state index contributed by atoms with van der Waals surface area (Å²) >= 11 is 0. The maximum atomic E-state index is 10.2. The van der Waals surface area contributed by atoms with Crippen LogP contribution in [0.1, 0.15) is 68.1 Å². The minimum Gasteiger partial charge on any atom is -0.508 e. The van der Waals surface area contributed by atoms with Crippen LogP contribution < -0.4 is 0 Å². The van der Waals surface area contributed by atoms with Crippen molar-refractivity contribution in [2.45, 2.75) is 69.2 Å². The number of benzene rings is 2. The van der Waals surface area contributed by atoms with Gasteiger partial charge in [-0.05, 0) is 79.3 Å². The highest BCUT2D eigenvalue weighted by molar-refractivity contribution is 5.45. The van der Waals surface area contributed by atoms with Gasteiger partial charge in [0.15, 0.2) is 0 Å². The van der Waals surface area contributed by atoms with Crippen LogP contribution in [-0.4, -0.2) is 29.1 Å². The van der Waals surface area contributed by atoms with E-state index in [1.54, 1.807) is 0 Å². The highest BCUT2D eigenvalue weighted by Gasteiger charge is 2.53. The SMILES string of the molecule is CCC(CN1CC[C@@]23CCCC[C@H]2[C@H]1Cc1ccc(O)cc13)c1ccccc1. The monoisotopic (exact) mass is 375 g/mol. The zero-order chi connectivity index (χ0) is 19.1. The number of piperidine rings is 1. The van der Waals surface area contributed by atoms with E-state index in [2.05, 4.69) is 54.3 Å². The smallest absolute Gasteiger partial charge is 0.115 e. The largest absolute Gasteiger partial charge is 0.508 e. The second-order valence-electron chi connectivity index (χ2n) is 9.38. The average molecular weight is 376 g/mol. The van der Waals surface area contributed by atoms with E-state index < -0.39 is 0 Å². The normalized spacial score (nSPS) is 30.3. The molecular formula is C26H33NO. The van der Waals surface area contributed by atoms with Gasteiger partial charge in [0.25, 0.3) is 0 Å². The van der Waals surface area contributed by atoms with Crippen LogP contribution >= 0.6 is 0 Å². The van der Waals surface area contributed by atoms with Gasteiger partial charge in [0.2, 0.25) is 0 Å². The van der Waals surface area contributed by atoms with Crippen molar-refractivity contribution in [1.82, 2.24) is 4.90 Å². The summed E-state index contributed by atoms with van der Waals surface area (Å²) in [5, 5.41) is 10.2. The molecule has 2 aliphatic carbocycles. The summed E-state index contributed by atoms with van der Waals surface area (Å²) in [6.07, 6.45) is 9.02. The Bertz CT molecular complexity index is 832. The van der Waals surface area contributed by atoms with Crippen LogP contribution in [0.25, 0.3) is 0 Å². The Balaban J connectivity index is 1.47. The molecule has 1 N–H and O–H groups in total. The molecule has 2 bridgehead atoms. The van der Waals surface area contributed by atoms with Crippen molar-refractivity contribution in [3.8, 4) is 5.75 Å². The highest BCUT2D eigenvalue weighted by Crippen LogP contribution is 2.56. The topological polar surface area (TPSA) is 23.5 Å². The molecule has 0 amide bonds.